The number of hydrogen-bond acceptors (Lipinski definition) is 5. The Morgan fingerprint density at radius 2 is 2.09 bits per heavy atom. The Bertz CT molecular complexity index is 814. The van der Waals surface area contributed by atoms with Gasteiger partial charge in [-0.05, 0) is 36.8 Å². The summed E-state index contributed by atoms with van der Waals surface area (Å²) >= 11 is 0. The Labute approximate surface area is 134 Å². The van der Waals surface area contributed by atoms with Gasteiger partial charge in [0.1, 0.15) is 5.82 Å². The number of H-pyrrole nitrogens is 1. The molecule has 0 radical (unpaired) electrons. The van der Waals surface area contributed by atoms with Crippen LogP contribution in [0.4, 0.5) is 5.69 Å². The Morgan fingerprint density at radius 1 is 1.22 bits per heavy atom. The average molecular weight is 310 g/mol. The molecule has 0 spiro atoms. The number of hydrogen-bond donors (Lipinski definition) is 3. The lowest BCUT2D eigenvalue weighted by molar-refractivity contribution is 0.373. The molecule has 0 atom stereocenters. The zero-order valence-corrected chi connectivity index (χ0v) is 13.0. The van der Waals surface area contributed by atoms with Crippen LogP contribution in [0.3, 0.4) is 0 Å². The van der Waals surface area contributed by atoms with E-state index in [2.05, 4.69) is 20.5 Å². The molecule has 1 heterocycles. The number of aromatic nitrogens is 3. The van der Waals surface area contributed by atoms with Gasteiger partial charge < -0.3 is 15.2 Å². The number of ether oxygens (including phenoxy) is 1. The summed E-state index contributed by atoms with van der Waals surface area (Å²) in [5.74, 6) is 2.06. The molecule has 1 aromatic heterocycles. The summed E-state index contributed by atoms with van der Waals surface area (Å²) in [7, 11) is 1.53. The number of phenols is 1. The first kappa shape index (κ1) is 14.9. The van der Waals surface area contributed by atoms with Crippen molar-refractivity contribution < 1.29 is 9.84 Å². The summed E-state index contributed by atoms with van der Waals surface area (Å²) in [6.45, 7) is 2.46. The number of aromatic hydroxyl groups is 1. The number of phenolic OH excluding ortho intramolecular Hbond substituents is 1. The molecule has 6 heteroatoms. The van der Waals surface area contributed by atoms with E-state index in [4.69, 9.17) is 4.74 Å². The van der Waals surface area contributed by atoms with Gasteiger partial charge in [0.25, 0.3) is 0 Å². The number of nitrogens with one attached hydrogen (secondary N) is 2. The van der Waals surface area contributed by atoms with E-state index in [1.807, 2.05) is 37.3 Å². The summed E-state index contributed by atoms with van der Waals surface area (Å²) in [5, 5.41) is 20.1. The molecule has 0 unspecified atom stereocenters. The molecule has 3 rings (SSSR count). The highest BCUT2D eigenvalue weighted by Crippen LogP contribution is 2.27. The van der Waals surface area contributed by atoms with E-state index in [0.29, 0.717) is 18.1 Å². The number of nitrogens with zero attached hydrogens (tertiary/aromatic N) is 2. The summed E-state index contributed by atoms with van der Waals surface area (Å²) in [6.07, 6.45) is 0. The standard InChI is InChI=1S/C17H18N4O2/c1-11-19-17(21-20-11)13-4-3-5-14(9-13)18-10-12-6-7-16(23-2)15(22)8-12/h3-9,18,22H,10H2,1-2H3,(H,19,20,21). The molecule has 0 saturated carbocycles. The molecular formula is C17H18N4O2. The minimum absolute atomic E-state index is 0.136. The molecule has 0 amide bonds. The van der Waals surface area contributed by atoms with Crippen molar-refractivity contribution >= 4 is 5.69 Å². The van der Waals surface area contributed by atoms with E-state index in [1.165, 1.54) is 7.11 Å². The number of benzene rings is 2. The van der Waals surface area contributed by atoms with Crippen molar-refractivity contribution in [2.45, 2.75) is 13.5 Å². The number of methoxy groups -OCH3 is 1. The molecule has 0 saturated heterocycles. The van der Waals surface area contributed by atoms with Gasteiger partial charge in [0.2, 0.25) is 0 Å². The number of anilines is 1. The van der Waals surface area contributed by atoms with Gasteiger partial charge in [-0.1, -0.05) is 18.2 Å². The van der Waals surface area contributed by atoms with Gasteiger partial charge in [-0.15, -0.1) is 0 Å². The topological polar surface area (TPSA) is 83.1 Å². The van der Waals surface area contributed by atoms with Gasteiger partial charge in [0.15, 0.2) is 17.3 Å². The normalized spacial score (nSPS) is 10.5. The summed E-state index contributed by atoms with van der Waals surface area (Å²) in [4.78, 5) is 4.33. The zero-order valence-electron chi connectivity index (χ0n) is 13.0. The maximum absolute atomic E-state index is 9.81. The van der Waals surface area contributed by atoms with Gasteiger partial charge in [-0.2, -0.15) is 5.10 Å². The van der Waals surface area contributed by atoms with Crippen LogP contribution in [0.15, 0.2) is 42.5 Å². The monoisotopic (exact) mass is 310 g/mol. The molecule has 3 N–H and O–H groups in total. The third-order valence-electron chi connectivity index (χ3n) is 3.46. The molecule has 23 heavy (non-hydrogen) atoms. The maximum Gasteiger partial charge on any atom is 0.181 e. The lowest BCUT2D eigenvalue weighted by atomic mass is 10.1. The number of aromatic amines is 1. The average Bonchev–Trinajstić information content (AvgIpc) is 3.00. The van der Waals surface area contributed by atoms with Crippen molar-refractivity contribution in [1.29, 1.82) is 0 Å². The Balaban J connectivity index is 1.72. The SMILES string of the molecule is COc1ccc(CNc2cccc(-c3n[nH]c(C)n3)c2)cc1O. The van der Waals surface area contributed by atoms with E-state index >= 15 is 0 Å². The van der Waals surface area contributed by atoms with Gasteiger partial charge in [-0.25, -0.2) is 4.98 Å². The lowest BCUT2D eigenvalue weighted by Gasteiger charge is -2.09. The highest BCUT2D eigenvalue weighted by atomic mass is 16.5. The summed E-state index contributed by atoms with van der Waals surface area (Å²) in [5.41, 5.74) is 2.86. The van der Waals surface area contributed by atoms with Crippen LogP contribution in [0, 0.1) is 6.92 Å². The molecule has 0 fully saturated rings. The molecule has 0 aliphatic heterocycles. The van der Waals surface area contributed by atoms with E-state index in [-0.39, 0.29) is 5.75 Å². The zero-order chi connectivity index (χ0) is 16.2. The van der Waals surface area contributed by atoms with Crippen LogP contribution >= 0.6 is 0 Å². The largest absolute Gasteiger partial charge is 0.504 e. The summed E-state index contributed by atoms with van der Waals surface area (Å²) in [6, 6.07) is 13.2. The van der Waals surface area contributed by atoms with Crippen LogP contribution in [-0.2, 0) is 6.54 Å². The fraction of sp³-hybridized carbons (Fsp3) is 0.176. The highest BCUT2D eigenvalue weighted by molar-refractivity contribution is 5.62. The fourth-order valence-electron chi connectivity index (χ4n) is 2.29. The Hall–Kier alpha value is -3.02. The van der Waals surface area contributed by atoms with Crippen molar-refractivity contribution in [1.82, 2.24) is 15.2 Å². The molecule has 0 aliphatic rings. The van der Waals surface area contributed by atoms with Crippen LogP contribution in [0.1, 0.15) is 11.4 Å². The Morgan fingerprint density at radius 3 is 2.78 bits per heavy atom. The minimum atomic E-state index is 0.136. The fourth-order valence-corrected chi connectivity index (χ4v) is 2.29. The van der Waals surface area contributed by atoms with E-state index in [9.17, 15) is 5.11 Å². The van der Waals surface area contributed by atoms with Crippen molar-refractivity contribution in [2.24, 2.45) is 0 Å². The number of aryl methyl sites for hydroxylation is 1. The molecule has 118 valence electrons. The van der Waals surface area contributed by atoms with Crippen LogP contribution in [0.25, 0.3) is 11.4 Å². The maximum atomic E-state index is 9.81. The second-order valence-corrected chi connectivity index (χ2v) is 5.18. The van der Waals surface area contributed by atoms with E-state index < -0.39 is 0 Å². The smallest absolute Gasteiger partial charge is 0.181 e. The van der Waals surface area contributed by atoms with Crippen molar-refractivity contribution in [2.75, 3.05) is 12.4 Å². The van der Waals surface area contributed by atoms with Crippen LogP contribution < -0.4 is 10.1 Å². The van der Waals surface area contributed by atoms with Crippen molar-refractivity contribution in [3.63, 3.8) is 0 Å². The molecule has 0 aliphatic carbocycles. The number of rotatable bonds is 5. The predicted octanol–water partition coefficient (Wildman–Crippen LogP) is 3.11. The van der Waals surface area contributed by atoms with Gasteiger partial charge in [0, 0.05) is 17.8 Å². The molecular weight excluding hydrogens is 292 g/mol. The van der Waals surface area contributed by atoms with Gasteiger partial charge >= 0.3 is 0 Å². The molecule has 0 bridgehead atoms. The van der Waals surface area contributed by atoms with Crippen molar-refractivity contribution in [3.05, 3.63) is 53.9 Å². The first-order valence-electron chi connectivity index (χ1n) is 7.25. The van der Waals surface area contributed by atoms with Crippen LogP contribution in [0.2, 0.25) is 0 Å². The summed E-state index contributed by atoms with van der Waals surface area (Å²) < 4.78 is 5.04. The molecule has 3 aromatic rings. The van der Waals surface area contributed by atoms with Crippen molar-refractivity contribution in [3.8, 4) is 22.9 Å². The van der Waals surface area contributed by atoms with Gasteiger partial charge in [-0.3, -0.25) is 5.10 Å². The highest BCUT2D eigenvalue weighted by Gasteiger charge is 2.05. The lowest BCUT2D eigenvalue weighted by Crippen LogP contribution is -1.99. The minimum Gasteiger partial charge on any atom is -0.504 e. The first-order chi connectivity index (χ1) is 11.2. The first-order valence-corrected chi connectivity index (χ1v) is 7.25. The third kappa shape index (κ3) is 3.42. The predicted molar refractivity (Wildman–Crippen MR) is 88.5 cm³/mol. The van der Waals surface area contributed by atoms with Gasteiger partial charge in [0.05, 0.1) is 7.11 Å². The Kier molecular flexibility index (Phi) is 4.14. The molecule has 2 aromatic carbocycles. The van der Waals surface area contributed by atoms with Crippen LogP contribution in [0.5, 0.6) is 11.5 Å². The molecule has 6 nitrogen and oxygen atoms in total. The quantitative estimate of drug-likeness (QED) is 0.674. The third-order valence-corrected chi connectivity index (χ3v) is 3.46. The second kappa shape index (κ2) is 6.39. The van der Waals surface area contributed by atoms with Crippen LogP contribution in [-0.4, -0.2) is 27.4 Å². The second-order valence-electron chi connectivity index (χ2n) is 5.18. The van der Waals surface area contributed by atoms with E-state index in [1.54, 1.807) is 12.1 Å². The van der Waals surface area contributed by atoms with E-state index in [0.717, 1.165) is 22.6 Å².